The van der Waals surface area contributed by atoms with Crippen LogP contribution in [0.5, 0.6) is 0 Å². The maximum absolute atomic E-state index is 13.0. The lowest BCUT2D eigenvalue weighted by Crippen LogP contribution is -2.40. The number of sulfonamides is 1. The summed E-state index contributed by atoms with van der Waals surface area (Å²) in [6.07, 6.45) is 8.03. The normalized spacial score (nSPS) is 19.6. The zero-order valence-corrected chi connectivity index (χ0v) is 18.6. The van der Waals surface area contributed by atoms with Gasteiger partial charge in [-0.1, -0.05) is 38.2 Å². The molecule has 1 aromatic carbocycles. The third-order valence-corrected chi connectivity index (χ3v) is 8.10. The molecule has 0 bridgehead atoms. The quantitative estimate of drug-likeness (QED) is 0.663. The van der Waals surface area contributed by atoms with E-state index in [2.05, 4.69) is 5.32 Å². The van der Waals surface area contributed by atoms with Crippen molar-refractivity contribution in [3.05, 3.63) is 29.8 Å². The second-order valence-corrected chi connectivity index (χ2v) is 10.4. The Hall–Kier alpha value is -1.93. The molecule has 2 aliphatic carbocycles. The summed E-state index contributed by atoms with van der Waals surface area (Å²) in [5, 5.41) is 2.90. The molecule has 0 aliphatic heterocycles. The summed E-state index contributed by atoms with van der Waals surface area (Å²) in [4.78, 5) is 24.9. The summed E-state index contributed by atoms with van der Waals surface area (Å²) in [6.45, 7) is 1.53. The Morgan fingerprint density at radius 1 is 1.07 bits per heavy atom. The van der Waals surface area contributed by atoms with E-state index in [0.717, 1.165) is 57.8 Å². The average Bonchev–Trinajstić information content (AvgIpc) is 3.26. The first-order valence-corrected chi connectivity index (χ1v) is 12.3. The van der Waals surface area contributed by atoms with Gasteiger partial charge in [0.2, 0.25) is 10.0 Å². The molecule has 30 heavy (non-hydrogen) atoms. The first-order chi connectivity index (χ1) is 14.3. The van der Waals surface area contributed by atoms with E-state index in [1.165, 1.54) is 35.5 Å². The molecule has 166 valence electrons. The lowest BCUT2D eigenvalue weighted by molar-refractivity contribution is -0.129. The van der Waals surface area contributed by atoms with Crippen molar-refractivity contribution in [2.75, 3.05) is 7.05 Å². The third kappa shape index (κ3) is 5.40. The number of esters is 1. The summed E-state index contributed by atoms with van der Waals surface area (Å²) in [5.74, 6) is -1.03. The van der Waals surface area contributed by atoms with E-state index in [4.69, 9.17) is 4.74 Å². The standard InChI is InChI=1S/C22H32N2O5S/c1-16(21(25)23-18-10-6-7-11-18)29-22(26)17-9-8-14-20(15-17)30(27,28)24(2)19-12-4-3-5-13-19/h8-9,14-16,18-19H,3-7,10-13H2,1-2H3,(H,23,25). The minimum atomic E-state index is -3.71. The first kappa shape index (κ1) is 22.7. The fourth-order valence-corrected chi connectivity index (χ4v) is 5.72. The highest BCUT2D eigenvalue weighted by Gasteiger charge is 2.30. The maximum Gasteiger partial charge on any atom is 0.338 e. The minimum Gasteiger partial charge on any atom is -0.449 e. The predicted molar refractivity (Wildman–Crippen MR) is 114 cm³/mol. The SMILES string of the molecule is CC(OC(=O)c1cccc(S(=O)(=O)N(C)C2CCCCC2)c1)C(=O)NC1CCCC1. The Labute approximate surface area is 179 Å². The van der Waals surface area contributed by atoms with Crippen molar-refractivity contribution in [2.24, 2.45) is 0 Å². The van der Waals surface area contributed by atoms with E-state index in [1.807, 2.05) is 0 Å². The fraction of sp³-hybridized carbons (Fsp3) is 0.636. The van der Waals surface area contributed by atoms with Crippen LogP contribution in [0.1, 0.15) is 75.1 Å². The van der Waals surface area contributed by atoms with Crippen LogP contribution in [-0.2, 0) is 19.6 Å². The monoisotopic (exact) mass is 436 g/mol. The molecule has 0 aromatic heterocycles. The highest BCUT2D eigenvalue weighted by molar-refractivity contribution is 7.89. The van der Waals surface area contributed by atoms with Gasteiger partial charge in [0.1, 0.15) is 0 Å². The van der Waals surface area contributed by atoms with Gasteiger partial charge in [0.25, 0.3) is 5.91 Å². The third-order valence-electron chi connectivity index (χ3n) is 6.19. The van der Waals surface area contributed by atoms with Gasteiger partial charge in [0.05, 0.1) is 10.5 Å². The Morgan fingerprint density at radius 2 is 1.70 bits per heavy atom. The number of benzene rings is 1. The zero-order chi connectivity index (χ0) is 21.7. The highest BCUT2D eigenvalue weighted by Crippen LogP contribution is 2.27. The molecule has 8 heteroatoms. The molecule has 0 radical (unpaired) electrons. The lowest BCUT2D eigenvalue weighted by Gasteiger charge is -2.30. The number of hydrogen-bond acceptors (Lipinski definition) is 5. The van der Waals surface area contributed by atoms with E-state index < -0.39 is 22.1 Å². The smallest absolute Gasteiger partial charge is 0.338 e. The van der Waals surface area contributed by atoms with E-state index in [1.54, 1.807) is 7.05 Å². The van der Waals surface area contributed by atoms with Crippen LogP contribution in [-0.4, -0.2) is 49.8 Å². The van der Waals surface area contributed by atoms with Crippen molar-refractivity contribution in [3.63, 3.8) is 0 Å². The van der Waals surface area contributed by atoms with E-state index in [-0.39, 0.29) is 28.4 Å². The van der Waals surface area contributed by atoms with Crippen LogP contribution in [0.15, 0.2) is 29.2 Å². The summed E-state index contributed by atoms with van der Waals surface area (Å²) < 4.78 is 32.8. The number of ether oxygens (including phenoxy) is 1. The van der Waals surface area contributed by atoms with Gasteiger partial charge in [-0.3, -0.25) is 4.79 Å². The van der Waals surface area contributed by atoms with Gasteiger partial charge in [-0.05, 0) is 50.8 Å². The largest absolute Gasteiger partial charge is 0.449 e. The summed E-state index contributed by atoms with van der Waals surface area (Å²) in [7, 11) is -2.11. The molecule has 1 aromatic rings. The second kappa shape index (κ2) is 9.92. The number of carbonyl (C=O) groups excluding carboxylic acids is 2. The zero-order valence-electron chi connectivity index (χ0n) is 17.8. The molecule has 3 rings (SSSR count). The molecule has 2 aliphatic rings. The van der Waals surface area contributed by atoms with E-state index in [9.17, 15) is 18.0 Å². The average molecular weight is 437 g/mol. The number of carbonyl (C=O) groups is 2. The summed E-state index contributed by atoms with van der Waals surface area (Å²) >= 11 is 0. The highest BCUT2D eigenvalue weighted by atomic mass is 32.2. The number of hydrogen-bond donors (Lipinski definition) is 1. The van der Waals surface area contributed by atoms with Crippen LogP contribution in [0, 0.1) is 0 Å². The van der Waals surface area contributed by atoms with Crippen LogP contribution in [0.2, 0.25) is 0 Å². The summed E-state index contributed by atoms with van der Waals surface area (Å²) in [6, 6.07) is 5.98. The van der Waals surface area contributed by atoms with Crippen molar-refractivity contribution in [3.8, 4) is 0 Å². The van der Waals surface area contributed by atoms with Gasteiger partial charge >= 0.3 is 5.97 Å². The first-order valence-electron chi connectivity index (χ1n) is 10.9. The topological polar surface area (TPSA) is 92.8 Å². The molecule has 7 nitrogen and oxygen atoms in total. The molecular formula is C22H32N2O5S. The number of rotatable bonds is 7. The number of nitrogens with zero attached hydrogens (tertiary/aromatic N) is 1. The van der Waals surface area contributed by atoms with Crippen LogP contribution >= 0.6 is 0 Å². The van der Waals surface area contributed by atoms with Gasteiger partial charge < -0.3 is 10.1 Å². The molecule has 1 atom stereocenters. The Morgan fingerprint density at radius 3 is 2.37 bits per heavy atom. The maximum atomic E-state index is 13.0. The molecule has 1 unspecified atom stereocenters. The van der Waals surface area contributed by atoms with Gasteiger partial charge in [0, 0.05) is 19.1 Å². The van der Waals surface area contributed by atoms with Gasteiger partial charge in [-0.25, -0.2) is 13.2 Å². The summed E-state index contributed by atoms with van der Waals surface area (Å²) in [5.41, 5.74) is 0.119. The number of nitrogens with one attached hydrogen (secondary N) is 1. The van der Waals surface area contributed by atoms with E-state index in [0.29, 0.717) is 0 Å². The Kier molecular flexibility index (Phi) is 7.52. The molecule has 0 saturated heterocycles. The fourth-order valence-electron chi connectivity index (χ4n) is 4.26. The number of amides is 1. The lowest BCUT2D eigenvalue weighted by atomic mass is 9.96. The minimum absolute atomic E-state index is 0.0151. The van der Waals surface area contributed by atoms with Crippen molar-refractivity contribution >= 4 is 21.9 Å². The van der Waals surface area contributed by atoms with Crippen LogP contribution < -0.4 is 5.32 Å². The van der Waals surface area contributed by atoms with Crippen LogP contribution in [0.3, 0.4) is 0 Å². The van der Waals surface area contributed by atoms with Crippen molar-refractivity contribution in [1.29, 1.82) is 0 Å². The van der Waals surface area contributed by atoms with Crippen LogP contribution in [0.4, 0.5) is 0 Å². The predicted octanol–water partition coefficient (Wildman–Crippen LogP) is 3.24. The Balaban J connectivity index is 1.66. The molecule has 1 amide bonds. The van der Waals surface area contributed by atoms with Gasteiger partial charge in [-0.15, -0.1) is 0 Å². The van der Waals surface area contributed by atoms with Crippen molar-refractivity contribution in [2.45, 2.75) is 87.8 Å². The molecular weight excluding hydrogens is 404 g/mol. The molecule has 0 heterocycles. The van der Waals surface area contributed by atoms with Crippen molar-refractivity contribution in [1.82, 2.24) is 9.62 Å². The molecule has 2 fully saturated rings. The van der Waals surface area contributed by atoms with Gasteiger partial charge in [0.15, 0.2) is 6.10 Å². The molecule has 0 spiro atoms. The Bertz CT molecular complexity index is 858. The molecule has 2 saturated carbocycles. The van der Waals surface area contributed by atoms with E-state index >= 15 is 0 Å². The van der Waals surface area contributed by atoms with Crippen molar-refractivity contribution < 1.29 is 22.7 Å². The second-order valence-electron chi connectivity index (χ2n) is 8.38. The van der Waals surface area contributed by atoms with Gasteiger partial charge in [-0.2, -0.15) is 4.31 Å². The van der Waals surface area contributed by atoms with Crippen LogP contribution in [0.25, 0.3) is 0 Å². The molecule has 1 N–H and O–H groups in total.